The maximum atomic E-state index is 4.56. The fourth-order valence-electron chi connectivity index (χ4n) is 1.86. The molecule has 1 N–H and O–H groups in total. The highest BCUT2D eigenvalue weighted by atomic mass is 15.3. The number of rotatable bonds is 2. The Kier molecular flexibility index (Phi) is 2.49. The minimum atomic E-state index is 0.288. The number of nitrogens with one attached hydrogen (secondary N) is 1. The molecule has 0 saturated carbocycles. The lowest BCUT2D eigenvalue weighted by atomic mass is 10.1. The van der Waals surface area contributed by atoms with Gasteiger partial charge in [0.15, 0.2) is 0 Å². The van der Waals surface area contributed by atoms with E-state index in [4.69, 9.17) is 0 Å². The van der Waals surface area contributed by atoms with E-state index in [1.807, 2.05) is 18.8 Å². The molecule has 2 aromatic rings. The molecule has 0 fully saturated rings. The third kappa shape index (κ3) is 1.63. The van der Waals surface area contributed by atoms with Crippen LogP contribution in [0.15, 0.2) is 18.2 Å². The van der Waals surface area contributed by atoms with Gasteiger partial charge in [0.25, 0.3) is 0 Å². The van der Waals surface area contributed by atoms with E-state index >= 15 is 0 Å². The van der Waals surface area contributed by atoms with E-state index in [9.17, 15) is 0 Å². The Morgan fingerprint density at radius 1 is 1.40 bits per heavy atom. The second kappa shape index (κ2) is 3.66. The lowest BCUT2D eigenvalue weighted by molar-refractivity contribution is 0.617. The fraction of sp³-hybridized carbons (Fsp3) is 0.417. The maximum absolute atomic E-state index is 4.56. The van der Waals surface area contributed by atoms with Crippen molar-refractivity contribution in [2.24, 2.45) is 7.05 Å². The van der Waals surface area contributed by atoms with Gasteiger partial charge in [0.1, 0.15) is 0 Å². The molecular formula is C12H17N3. The number of hydrogen-bond acceptors (Lipinski definition) is 2. The van der Waals surface area contributed by atoms with E-state index in [1.165, 1.54) is 16.5 Å². The summed E-state index contributed by atoms with van der Waals surface area (Å²) in [7, 11) is 3.95. The summed E-state index contributed by atoms with van der Waals surface area (Å²) in [5.41, 5.74) is 3.59. The lowest BCUT2D eigenvalue weighted by Crippen LogP contribution is -2.13. The zero-order chi connectivity index (χ0) is 11.0. The Morgan fingerprint density at radius 2 is 2.13 bits per heavy atom. The van der Waals surface area contributed by atoms with Crippen molar-refractivity contribution in [3.05, 3.63) is 29.5 Å². The van der Waals surface area contributed by atoms with Gasteiger partial charge in [0.05, 0.1) is 11.2 Å². The first-order valence-corrected chi connectivity index (χ1v) is 5.24. The second-order valence-corrected chi connectivity index (χ2v) is 4.04. The van der Waals surface area contributed by atoms with Gasteiger partial charge >= 0.3 is 0 Å². The smallest absolute Gasteiger partial charge is 0.0869 e. The molecule has 2 rings (SSSR count). The monoisotopic (exact) mass is 203 g/mol. The van der Waals surface area contributed by atoms with Crippen LogP contribution in [-0.4, -0.2) is 16.8 Å². The Labute approximate surface area is 90.1 Å². The zero-order valence-electron chi connectivity index (χ0n) is 9.70. The minimum absolute atomic E-state index is 0.288. The molecule has 1 heterocycles. The van der Waals surface area contributed by atoms with Crippen LogP contribution in [0.25, 0.3) is 10.9 Å². The Bertz CT molecular complexity index is 485. The summed E-state index contributed by atoms with van der Waals surface area (Å²) in [5, 5.41) is 9.04. The Balaban J connectivity index is 2.69. The van der Waals surface area contributed by atoms with Crippen molar-refractivity contribution in [2.45, 2.75) is 19.9 Å². The first-order valence-electron chi connectivity index (χ1n) is 5.24. The summed E-state index contributed by atoms with van der Waals surface area (Å²) in [6, 6.07) is 6.74. The number of benzene rings is 1. The quantitative estimate of drug-likeness (QED) is 0.810. The van der Waals surface area contributed by atoms with E-state index in [0.717, 1.165) is 5.69 Å². The first kappa shape index (κ1) is 10.2. The molecule has 80 valence electrons. The highest BCUT2D eigenvalue weighted by Gasteiger charge is 2.13. The van der Waals surface area contributed by atoms with Gasteiger partial charge in [0, 0.05) is 18.5 Å². The van der Waals surface area contributed by atoms with Crippen LogP contribution in [0.5, 0.6) is 0 Å². The summed E-state index contributed by atoms with van der Waals surface area (Å²) in [6.07, 6.45) is 0. The molecule has 1 atom stereocenters. The predicted molar refractivity (Wildman–Crippen MR) is 62.9 cm³/mol. The third-order valence-corrected chi connectivity index (χ3v) is 2.88. The van der Waals surface area contributed by atoms with Crippen LogP contribution < -0.4 is 5.32 Å². The molecule has 3 nitrogen and oxygen atoms in total. The summed E-state index contributed by atoms with van der Waals surface area (Å²) in [5.74, 6) is 0. The number of aromatic nitrogens is 2. The molecule has 0 amide bonds. The van der Waals surface area contributed by atoms with Crippen molar-refractivity contribution in [1.82, 2.24) is 15.1 Å². The van der Waals surface area contributed by atoms with Crippen LogP contribution >= 0.6 is 0 Å². The lowest BCUT2D eigenvalue weighted by Gasteiger charge is -2.06. The molecular weight excluding hydrogens is 186 g/mol. The Hall–Kier alpha value is -1.35. The largest absolute Gasteiger partial charge is 0.312 e. The van der Waals surface area contributed by atoms with Crippen molar-refractivity contribution >= 4 is 10.9 Å². The molecule has 1 aromatic carbocycles. The minimum Gasteiger partial charge on any atom is -0.312 e. The molecule has 1 aromatic heterocycles. The molecule has 0 aliphatic heterocycles. The highest BCUT2D eigenvalue weighted by Crippen LogP contribution is 2.23. The summed E-state index contributed by atoms with van der Waals surface area (Å²) in [4.78, 5) is 0. The average Bonchev–Trinajstić information content (AvgIpc) is 2.54. The van der Waals surface area contributed by atoms with Gasteiger partial charge in [-0.1, -0.05) is 11.6 Å². The van der Waals surface area contributed by atoms with Gasteiger partial charge in [-0.05, 0) is 33.0 Å². The summed E-state index contributed by atoms with van der Waals surface area (Å²) < 4.78 is 1.94. The molecule has 15 heavy (non-hydrogen) atoms. The van der Waals surface area contributed by atoms with Gasteiger partial charge in [-0.15, -0.1) is 0 Å². The number of fused-ring (bicyclic) bond motifs is 1. The van der Waals surface area contributed by atoms with Crippen molar-refractivity contribution in [2.75, 3.05) is 7.05 Å². The van der Waals surface area contributed by atoms with Crippen molar-refractivity contribution in [3.8, 4) is 0 Å². The standard InChI is InChI=1S/C12H17N3/c1-8-5-6-11-10(7-8)12(9(2)13-3)14-15(11)4/h5-7,9,13H,1-4H3. The molecule has 0 bridgehead atoms. The molecule has 3 heteroatoms. The molecule has 0 aliphatic carbocycles. The van der Waals surface area contributed by atoms with Crippen molar-refractivity contribution < 1.29 is 0 Å². The van der Waals surface area contributed by atoms with E-state index in [-0.39, 0.29) is 6.04 Å². The summed E-state index contributed by atoms with van der Waals surface area (Å²) in [6.45, 7) is 4.24. The Morgan fingerprint density at radius 3 is 2.80 bits per heavy atom. The van der Waals surface area contributed by atoms with Crippen LogP contribution in [0.1, 0.15) is 24.2 Å². The number of nitrogens with zero attached hydrogens (tertiary/aromatic N) is 2. The van der Waals surface area contributed by atoms with Crippen molar-refractivity contribution in [1.29, 1.82) is 0 Å². The van der Waals surface area contributed by atoms with E-state index < -0.39 is 0 Å². The normalized spacial score (nSPS) is 13.3. The van der Waals surface area contributed by atoms with E-state index in [1.54, 1.807) is 0 Å². The zero-order valence-corrected chi connectivity index (χ0v) is 9.70. The molecule has 1 unspecified atom stereocenters. The van der Waals surface area contributed by atoms with Crippen LogP contribution in [0, 0.1) is 6.92 Å². The van der Waals surface area contributed by atoms with Crippen LogP contribution in [0.4, 0.5) is 0 Å². The van der Waals surface area contributed by atoms with Crippen LogP contribution in [0.2, 0.25) is 0 Å². The summed E-state index contributed by atoms with van der Waals surface area (Å²) >= 11 is 0. The molecule has 0 saturated heterocycles. The van der Waals surface area contributed by atoms with Gasteiger partial charge in [-0.25, -0.2) is 0 Å². The first-order chi connectivity index (χ1) is 7.13. The van der Waals surface area contributed by atoms with Gasteiger partial charge in [0.2, 0.25) is 0 Å². The van der Waals surface area contributed by atoms with E-state index in [2.05, 4.69) is 42.5 Å². The maximum Gasteiger partial charge on any atom is 0.0869 e. The van der Waals surface area contributed by atoms with Crippen molar-refractivity contribution in [3.63, 3.8) is 0 Å². The molecule has 0 aliphatic rings. The number of hydrogen-bond donors (Lipinski definition) is 1. The predicted octanol–water partition coefficient (Wildman–Crippen LogP) is 2.16. The molecule has 0 spiro atoms. The molecule has 0 radical (unpaired) electrons. The number of aryl methyl sites for hydroxylation is 2. The van der Waals surface area contributed by atoms with Gasteiger partial charge in [-0.3, -0.25) is 4.68 Å². The SMILES string of the molecule is CNC(C)c1nn(C)c2ccc(C)cc12. The topological polar surface area (TPSA) is 29.9 Å². The van der Waals surface area contributed by atoms with Crippen LogP contribution in [-0.2, 0) is 7.05 Å². The van der Waals surface area contributed by atoms with Gasteiger partial charge in [-0.2, -0.15) is 5.10 Å². The third-order valence-electron chi connectivity index (χ3n) is 2.88. The van der Waals surface area contributed by atoms with Crippen LogP contribution in [0.3, 0.4) is 0 Å². The highest BCUT2D eigenvalue weighted by molar-refractivity contribution is 5.83. The average molecular weight is 203 g/mol. The van der Waals surface area contributed by atoms with Gasteiger partial charge < -0.3 is 5.32 Å². The van der Waals surface area contributed by atoms with E-state index in [0.29, 0.717) is 0 Å². The second-order valence-electron chi connectivity index (χ2n) is 4.04. The fourth-order valence-corrected chi connectivity index (χ4v) is 1.86.